The van der Waals surface area contributed by atoms with Crippen molar-refractivity contribution in [3.8, 4) is 5.75 Å². The van der Waals surface area contributed by atoms with Crippen molar-refractivity contribution in [2.45, 2.75) is 38.9 Å². The average Bonchev–Trinajstić information content (AvgIpc) is 2.58. The monoisotopic (exact) mass is 262 g/mol. The van der Waals surface area contributed by atoms with E-state index in [4.69, 9.17) is 14.0 Å². The zero-order valence-corrected chi connectivity index (χ0v) is 11.8. The molecule has 0 aromatic carbocycles. The number of anilines is 1. The van der Waals surface area contributed by atoms with Crippen LogP contribution in [-0.4, -0.2) is 36.5 Å². The molecule has 6 heteroatoms. The molecule has 1 N–H and O–H groups in total. The summed E-state index contributed by atoms with van der Waals surface area (Å²) in [5, 5.41) is 3.27. The van der Waals surface area contributed by atoms with Crippen LogP contribution in [-0.2, 0) is 9.31 Å². The molecule has 5 nitrogen and oxygen atoms in total. The first-order valence-corrected chi connectivity index (χ1v) is 6.61. The predicted molar refractivity (Wildman–Crippen MR) is 73.9 cm³/mol. The second kappa shape index (κ2) is 4.11. The summed E-state index contributed by atoms with van der Waals surface area (Å²) in [6.45, 7) is 9.58. The summed E-state index contributed by atoms with van der Waals surface area (Å²) in [7, 11) is -0.438. The fourth-order valence-corrected chi connectivity index (χ4v) is 2.23. The second-order valence-electron chi connectivity index (χ2n) is 5.97. The van der Waals surface area contributed by atoms with Crippen molar-refractivity contribution in [3.05, 3.63) is 12.4 Å². The quantitative estimate of drug-likeness (QED) is 0.770. The number of hydrogen-bond acceptors (Lipinski definition) is 5. The smallest absolute Gasteiger partial charge is 0.490 e. The molecule has 3 rings (SSSR count). The minimum Gasteiger partial charge on any atom is -0.490 e. The minimum atomic E-state index is -0.438. The third-order valence-electron chi connectivity index (χ3n) is 4.10. The summed E-state index contributed by atoms with van der Waals surface area (Å²) in [6, 6.07) is 0. The van der Waals surface area contributed by atoms with Gasteiger partial charge < -0.3 is 19.4 Å². The normalized spacial score (nSPS) is 23.5. The highest BCUT2D eigenvalue weighted by Gasteiger charge is 2.52. The van der Waals surface area contributed by atoms with Crippen LogP contribution in [0.2, 0.25) is 0 Å². The summed E-state index contributed by atoms with van der Waals surface area (Å²) < 4.78 is 17.8. The van der Waals surface area contributed by atoms with E-state index in [0.29, 0.717) is 6.61 Å². The lowest BCUT2D eigenvalue weighted by Crippen LogP contribution is -2.41. The highest BCUT2D eigenvalue weighted by Crippen LogP contribution is 2.38. The lowest BCUT2D eigenvalue weighted by Gasteiger charge is -2.32. The number of nitrogens with zero attached hydrogens (tertiary/aromatic N) is 1. The van der Waals surface area contributed by atoms with Gasteiger partial charge in [-0.3, -0.25) is 4.98 Å². The van der Waals surface area contributed by atoms with Crippen LogP contribution in [0, 0.1) is 0 Å². The van der Waals surface area contributed by atoms with E-state index >= 15 is 0 Å². The molecule has 0 atom stereocenters. The zero-order chi connectivity index (χ0) is 13.7. The van der Waals surface area contributed by atoms with Crippen molar-refractivity contribution < 1.29 is 14.0 Å². The van der Waals surface area contributed by atoms with Crippen molar-refractivity contribution in [1.82, 2.24) is 4.98 Å². The van der Waals surface area contributed by atoms with Gasteiger partial charge in [-0.15, -0.1) is 0 Å². The van der Waals surface area contributed by atoms with E-state index in [-0.39, 0.29) is 11.2 Å². The fraction of sp³-hybridized carbons (Fsp3) is 0.615. The van der Waals surface area contributed by atoms with Gasteiger partial charge in [-0.1, -0.05) is 0 Å². The molecular weight excluding hydrogens is 243 g/mol. The number of nitrogens with one attached hydrogen (secondary N) is 1. The van der Waals surface area contributed by atoms with E-state index < -0.39 is 7.12 Å². The van der Waals surface area contributed by atoms with Crippen molar-refractivity contribution in [2.75, 3.05) is 18.5 Å². The molecule has 0 saturated carbocycles. The van der Waals surface area contributed by atoms with Gasteiger partial charge in [0.1, 0.15) is 12.4 Å². The van der Waals surface area contributed by atoms with Crippen molar-refractivity contribution in [3.63, 3.8) is 0 Å². The molecule has 3 heterocycles. The summed E-state index contributed by atoms with van der Waals surface area (Å²) in [5.41, 5.74) is 1.03. The maximum Gasteiger partial charge on any atom is 0.500 e. The SMILES string of the molecule is CC1(C)OB(c2cncc3c2OCCN3)OC1(C)C. The van der Waals surface area contributed by atoms with Crippen LogP contribution in [0.1, 0.15) is 27.7 Å². The molecule has 102 valence electrons. The minimum absolute atomic E-state index is 0.359. The van der Waals surface area contributed by atoms with Gasteiger partial charge in [0, 0.05) is 18.2 Å². The first-order chi connectivity index (χ1) is 8.91. The lowest BCUT2D eigenvalue weighted by atomic mass is 9.79. The largest absolute Gasteiger partial charge is 0.500 e. The van der Waals surface area contributed by atoms with Gasteiger partial charge >= 0.3 is 7.12 Å². The third-order valence-corrected chi connectivity index (χ3v) is 4.10. The maximum absolute atomic E-state index is 6.05. The molecule has 19 heavy (non-hydrogen) atoms. The van der Waals surface area contributed by atoms with Gasteiger partial charge in [0.2, 0.25) is 0 Å². The van der Waals surface area contributed by atoms with E-state index in [1.165, 1.54) is 0 Å². The summed E-state index contributed by atoms with van der Waals surface area (Å²) >= 11 is 0. The zero-order valence-electron chi connectivity index (χ0n) is 11.8. The van der Waals surface area contributed by atoms with Crippen molar-refractivity contribution in [2.24, 2.45) is 0 Å². The maximum atomic E-state index is 6.05. The van der Waals surface area contributed by atoms with Crippen LogP contribution in [0.3, 0.4) is 0 Å². The Labute approximate surface area is 113 Å². The Kier molecular flexibility index (Phi) is 2.76. The molecule has 0 spiro atoms. The van der Waals surface area contributed by atoms with Crippen LogP contribution in [0.5, 0.6) is 5.75 Å². The van der Waals surface area contributed by atoms with Gasteiger partial charge in [-0.05, 0) is 27.7 Å². The second-order valence-corrected chi connectivity index (χ2v) is 5.97. The first kappa shape index (κ1) is 12.8. The van der Waals surface area contributed by atoms with Crippen LogP contribution in [0.15, 0.2) is 12.4 Å². The van der Waals surface area contributed by atoms with Gasteiger partial charge in [-0.2, -0.15) is 0 Å². The molecule has 0 amide bonds. The Morgan fingerprint density at radius 3 is 2.53 bits per heavy atom. The number of hydrogen-bond donors (Lipinski definition) is 1. The average molecular weight is 262 g/mol. The predicted octanol–water partition coefficient (Wildman–Crippen LogP) is 1.19. The first-order valence-electron chi connectivity index (χ1n) is 6.61. The Bertz CT molecular complexity index is 489. The molecular formula is C13H19BN2O3. The van der Waals surface area contributed by atoms with Crippen molar-refractivity contribution in [1.29, 1.82) is 0 Å². The Balaban J connectivity index is 1.96. The topological polar surface area (TPSA) is 52.6 Å². The van der Waals surface area contributed by atoms with Gasteiger partial charge in [0.25, 0.3) is 0 Å². The molecule has 1 saturated heterocycles. The summed E-state index contributed by atoms with van der Waals surface area (Å²) in [4.78, 5) is 4.24. The number of ether oxygens (including phenoxy) is 1. The Morgan fingerprint density at radius 1 is 1.16 bits per heavy atom. The van der Waals surface area contributed by atoms with Crippen molar-refractivity contribution >= 4 is 18.3 Å². The van der Waals surface area contributed by atoms with E-state index in [1.54, 1.807) is 12.4 Å². The Hall–Kier alpha value is -1.27. The Morgan fingerprint density at radius 2 is 1.84 bits per heavy atom. The van der Waals surface area contributed by atoms with Crippen LogP contribution in [0.25, 0.3) is 0 Å². The molecule has 0 unspecified atom stereocenters. The van der Waals surface area contributed by atoms with Gasteiger partial charge in [-0.25, -0.2) is 0 Å². The molecule has 2 aliphatic rings. The third kappa shape index (κ3) is 1.99. The number of pyridine rings is 1. The molecule has 0 bridgehead atoms. The molecule has 0 radical (unpaired) electrons. The molecule has 1 aromatic heterocycles. The molecule has 1 aromatic rings. The molecule has 2 aliphatic heterocycles. The van der Waals surface area contributed by atoms with Crippen LogP contribution in [0.4, 0.5) is 5.69 Å². The van der Waals surface area contributed by atoms with E-state index in [0.717, 1.165) is 23.4 Å². The fourth-order valence-electron chi connectivity index (χ4n) is 2.23. The summed E-state index contributed by atoms with van der Waals surface area (Å²) in [5.74, 6) is 0.791. The highest BCUT2D eigenvalue weighted by atomic mass is 16.7. The number of fused-ring (bicyclic) bond motifs is 1. The standard InChI is InChI=1S/C13H19BN2O3/c1-12(2)13(3,4)19-14(18-12)9-7-15-8-10-11(9)17-6-5-16-10/h7-8,16H,5-6H2,1-4H3. The number of aromatic nitrogens is 1. The molecule has 1 fully saturated rings. The highest BCUT2D eigenvalue weighted by molar-refractivity contribution is 6.63. The van der Waals surface area contributed by atoms with Gasteiger partial charge in [0.05, 0.1) is 23.1 Å². The lowest BCUT2D eigenvalue weighted by molar-refractivity contribution is 0.00578. The van der Waals surface area contributed by atoms with Crippen LogP contribution < -0.4 is 15.5 Å². The molecule has 0 aliphatic carbocycles. The van der Waals surface area contributed by atoms with E-state index in [9.17, 15) is 0 Å². The van der Waals surface area contributed by atoms with Crippen LogP contribution >= 0.6 is 0 Å². The summed E-state index contributed by atoms with van der Waals surface area (Å²) in [6.07, 6.45) is 3.53. The number of rotatable bonds is 1. The van der Waals surface area contributed by atoms with E-state index in [1.807, 2.05) is 27.7 Å². The van der Waals surface area contributed by atoms with E-state index in [2.05, 4.69) is 10.3 Å². The van der Waals surface area contributed by atoms with Gasteiger partial charge in [0.15, 0.2) is 0 Å².